The topological polar surface area (TPSA) is 35.8 Å². The third-order valence-corrected chi connectivity index (χ3v) is 3.85. The molecule has 2 aromatic rings. The highest BCUT2D eigenvalue weighted by Gasteiger charge is 2.05. The number of anilines is 2. The van der Waals surface area contributed by atoms with Crippen LogP contribution in [0.4, 0.5) is 15.8 Å². The summed E-state index contributed by atoms with van der Waals surface area (Å²) in [5.41, 5.74) is 2.24. The summed E-state index contributed by atoms with van der Waals surface area (Å²) in [7, 11) is 0. The van der Waals surface area contributed by atoms with E-state index in [0.29, 0.717) is 5.56 Å². The predicted molar refractivity (Wildman–Crippen MR) is 81.3 cm³/mol. The van der Waals surface area contributed by atoms with Crippen LogP contribution < -0.4 is 5.32 Å². The fraction of sp³-hybridized carbons (Fsp3) is 0. The first kappa shape index (κ1) is 13.3. The summed E-state index contributed by atoms with van der Waals surface area (Å²) in [4.78, 5) is 0. The summed E-state index contributed by atoms with van der Waals surface area (Å²) >= 11 is 5.46. The van der Waals surface area contributed by atoms with Gasteiger partial charge in [-0.15, -0.1) is 0 Å². The van der Waals surface area contributed by atoms with E-state index in [2.05, 4.69) is 49.9 Å². The van der Waals surface area contributed by atoms with Gasteiger partial charge in [-0.3, -0.25) is 0 Å². The molecule has 0 amide bonds. The van der Waals surface area contributed by atoms with Gasteiger partial charge >= 0.3 is 0 Å². The maximum atomic E-state index is 13.0. The van der Waals surface area contributed by atoms with Crippen molar-refractivity contribution in [3.63, 3.8) is 0 Å². The van der Waals surface area contributed by atoms with Crippen molar-refractivity contribution in [1.29, 1.82) is 5.26 Å². The molecule has 0 radical (unpaired) electrons. The first-order valence-corrected chi connectivity index (χ1v) is 6.89. The second kappa shape index (κ2) is 5.67. The monoisotopic (exact) mass is 416 g/mol. The zero-order valence-corrected chi connectivity index (χ0v) is 12.8. The highest BCUT2D eigenvalue weighted by molar-refractivity contribution is 14.1. The van der Waals surface area contributed by atoms with Crippen LogP contribution in [-0.2, 0) is 0 Å². The molecule has 0 spiro atoms. The van der Waals surface area contributed by atoms with Gasteiger partial charge in [-0.25, -0.2) is 4.39 Å². The van der Waals surface area contributed by atoms with Crippen LogP contribution in [0.3, 0.4) is 0 Å². The lowest BCUT2D eigenvalue weighted by atomic mass is 10.2. The van der Waals surface area contributed by atoms with Gasteiger partial charge in [0.2, 0.25) is 0 Å². The molecule has 0 bridgehead atoms. The molecule has 0 saturated carbocycles. The van der Waals surface area contributed by atoms with Gasteiger partial charge in [0.1, 0.15) is 5.82 Å². The fourth-order valence-corrected chi connectivity index (χ4v) is 2.51. The van der Waals surface area contributed by atoms with E-state index in [1.165, 1.54) is 12.1 Å². The average Bonchev–Trinajstić information content (AvgIpc) is 2.34. The Kier molecular flexibility index (Phi) is 4.19. The van der Waals surface area contributed by atoms with Crippen molar-refractivity contribution in [3.05, 3.63) is 55.8 Å². The number of benzene rings is 2. The minimum Gasteiger partial charge on any atom is -0.354 e. The molecule has 0 fully saturated rings. The van der Waals surface area contributed by atoms with E-state index in [9.17, 15) is 4.39 Å². The van der Waals surface area contributed by atoms with Gasteiger partial charge in [0.15, 0.2) is 0 Å². The Hall–Kier alpha value is -1.13. The Morgan fingerprint density at radius 1 is 1.17 bits per heavy atom. The third kappa shape index (κ3) is 3.00. The van der Waals surface area contributed by atoms with E-state index in [0.717, 1.165) is 19.4 Å². The number of nitrogens with one attached hydrogen (secondary N) is 1. The molecule has 90 valence electrons. The van der Waals surface area contributed by atoms with Crippen LogP contribution in [0, 0.1) is 20.7 Å². The Morgan fingerprint density at radius 2 is 1.89 bits per heavy atom. The Morgan fingerprint density at radius 3 is 2.50 bits per heavy atom. The molecular formula is C13H7BrFIN2. The molecule has 0 heterocycles. The van der Waals surface area contributed by atoms with E-state index in [1.807, 2.05) is 6.07 Å². The van der Waals surface area contributed by atoms with Crippen molar-refractivity contribution in [2.75, 3.05) is 5.32 Å². The molecule has 0 unspecified atom stereocenters. The zero-order chi connectivity index (χ0) is 13.1. The van der Waals surface area contributed by atoms with Gasteiger partial charge in [-0.2, -0.15) is 5.26 Å². The van der Waals surface area contributed by atoms with E-state index < -0.39 is 0 Å². The molecule has 0 aromatic heterocycles. The minimum atomic E-state index is -0.260. The summed E-state index contributed by atoms with van der Waals surface area (Å²) in [6.07, 6.45) is 0. The number of hydrogen-bond acceptors (Lipinski definition) is 2. The van der Waals surface area contributed by atoms with Crippen LogP contribution in [0.15, 0.2) is 40.9 Å². The quantitative estimate of drug-likeness (QED) is 0.713. The summed E-state index contributed by atoms with van der Waals surface area (Å²) in [6.45, 7) is 0. The Bertz CT molecular complexity index is 637. The third-order valence-electron chi connectivity index (χ3n) is 2.30. The number of rotatable bonds is 2. The summed E-state index contributed by atoms with van der Waals surface area (Å²) < 4.78 is 14.6. The van der Waals surface area contributed by atoms with Crippen LogP contribution in [0.5, 0.6) is 0 Å². The molecule has 2 nitrogen and oxygen atoms in total. The molecule has 2 aromatic carbocycles. The number of nitriles is 1. The van der Waals surface area contributed by atoms with Gasteiger partial charge in [0.25, 0.3) is 0 Å². The second-order valence-corrected chi connectivity index (χ2v) is 5.57. The first-order valence-electron chi connectivity index (χ1n) is 5.02. The van der Waals surface area contributed by atoms with E-state index in [4.69, 9.17) is 5.26 Å². The SMILES string of the molecule is N#Cc1ccc(Nc2ccc(F)cc2I)c(Br)c1. The summed E-state index contributed by atoms with van der Waals surface area (Å²) in [5.74, 6) is -0.260. The lowest BCUT2D eigenvalue weighted by Gasteiger charge is -2.10. The molecule has 2 rings (SSSR count). The molecule has 1 N–H and O–H groups in total. The summed E-state index contributed by atoms with van der Waals surface area (Å²) in [6, 6.07) is 11.9. The van der Waals surface area contributed by atoms with Crippen LogP contribution in [-0.4, -0.2) is 0 Å². The highest BCUT2D eigenvalue weighted by Crippen LogP contribution is 2.29. The molecular weight excluding hydrogens is 410 g/mol. The van der Waals surface area contributed by atoms with Gasteiger partial charge in [-0.1, -0.05) is 0 Å². The molecule has 5 heteroatoms. The molecule has 0 aliphatic rings. The van der Waals surface area contributed by atoms with Crippen LogP contribution >= 0.6 is 38.5 Å². The lowest BCUT2D eigenvalue weighted by molar-refractivity contribution is 0.627. The van der Waals surface area contributed by atoms with Gasteiger partial charge < -0.3 is 5.32 Å². The van der Waals surface area contributed by atoms with Crippen molar-refractivity contribution in [2.45, 2.75) is 0 Å². The van der Waals surface area contributed by atoms with Gasteiger partial charge in [-0.05, 0) is 74.9 Å². The van der Waals surface area contributed by atoms with E-state index in [1.54, 1.807) is 18.2 Å². The van der Waals surface area contributed by atoms with E-state index >= 15 is 0 Å². The normalized spacial score (nSPS) is 9.89. The summed E-state index contributed by atoms with van der Waals surface area (Å²) in [5, 5.41) is 12.0. The van der Waals surface area contributed by atoms with Crippen molar-refractivity contribution < 1.29 is 4.39 Å². The van der Waals surface area contributed by atoms with Gasteiger partial charge in [0.05, 0.1) is 23.0 Å². The average molecular weight is 417 g/mol. The highest BCUT2D eigenvalue weighted by atomic mass is 127. The molecule has 18 heavy (non-hydrogen) atoms. The standard InChI is InChI=1S/C13H7BrFIN2/c14-10-5-8(7-17)1-3-12(10)18-13-4-2-9(15)6-11(13)16/h1-6,18H. The Labute approximate surface area is 126 Å². The molecule has 0 saturated heterocycles. The van der Waals surface area contributed by atoms with Crippen LogP contribution in [0.25, 0.3) is 0 Å². The smallest absolute Gasteiger partial charge is 0.124 e. The maximum absolute atomic E-state index is 13.0. The molecule has 0 aliphatic heterocycles. The zero-order valence-electron chi connectivity index (χ0n) is 9.05. The lowest BCUT2D eigenvalue weighted by Crippen LogP contribution is -1.95. The molecule has 0 atom stereocenters. The molecule has 0 aliphatic carbocycles. The predicted octanol–water partition coefficient (Wildman–Crippen LogP) is 4.81. The van der Waals surface area contributed by atoms with Crippen LogP contribution in [0.1, 0.15) is 5.56 Å². The fourth-order valence-electron chi connectivity index (χ4n) is 1.42. The van der Waals surface area contributed by atoms with Crippen molar-refractivity contribution in [3.8, 4) is 6.07 Å². The Balaban J connectivity index is 2.32. The van der Waals surface area contributed by atoms with Crippen molar-refractivity contribution in [2.24, 2.45) is 0 Å². The number of halogens is 3. The van der Waals surface area contributed by atoms with E-state index in [-0.39, 0.29) is 5.82 Å². The van der Waals surface area contributed by atoms with Crippen molar-refractivity contribution in [1.82, 2.24) is 0 Å². The number of nitrogens with zero attached hydrogens (tertiary/aromatic N) is 1. The number of hydrogen-bond donors (Lipinski definition) is 1. The first-order chi connectivity index (χ1) is 8.60. The maximum Gasteiger partial charge on any atom is 0.124 e. The van der Waals surface area contributed by atoms with Crippen LogP contribution in [0.2, 0.25) is 0 Å². The largest absolute Gasteiger partial charge is 0.354 e. The minimum absolute atomic E-state index is 0.260. The second-order valence-electron chi connectivity index (χ2n) is 3.56. The van der Waals surface area contributed by atoms with Gasteiger partial charge in [0, 0.05) is 8.04 Å². The van der Waals surface area contributed by atoms with Crippen molar-refractivity contribution >= 4 is 49.9 Å².